The van der Waals surface area contributed by atoms with Crippen LogP contribution in [0, 0.1) is 6.92 Å². The van der Waals surface area contributed by atoms with Crippen molar-refractivity contribution in [2.24, 2.45) is 0 Å². The molecule has 0 amide bonds. The van der Waals surface area contributed by atoms with Gasteiger partial charge >= 0.3 is 5.97 Å². The molecule has 2 aromatic rings. The lowest BCUT2D eigenvalue weighted by Gasteiger charge is -2.14. The molecule has 0 fully saturated rings. The van der Waals surface area contributed by atoms with Crippen molar-refractivity contribution < 1.29 is 23.8 Å². The molecule has 1 atom stereocenters. The first-order valence-electron chi connectivity index (χ1n) is 8.09. The van der Waals surface area contributed by atoms with Gasteiger partial charge in [-0.25, -0.2) is 4.79 Å². The topological polar surface area (TPSA) is 61.8 Å². The minimum absolute atomic E-state index is 0.275. The van der Waals surface area contributed by atoms with Crippen molar-refractivity contribution in [2.75, 3.05) is 13.7 Å². The molecule has 0 saturated heterocycles. The Kier molecular flexibility index (Phi) is 6.17. The Morgan fingerprint density at radius 2 is 1.76 bits per heavy atom. The van der Waals surface area contributed by atoms with E-state index in [1.807, 2.05) is 19.9 Å². The second kappa shape index (κ2) is 8.33. The maximum Gasteiger partial charge on any atom is 0.342 e. The van der Waals surface area contributed by atoms with Crippen molar-refractivity contribution in [1.29, 1.82) is 0 Å². The number of hydrogen-bond donors (Lipinski definition) is 0. The summed E-state index contributed by atoms with van der Waals surface area (Å²) in [5, 5.41) is 0. The van der Waals surface area contributed by atoms with Gasteiger partial charge in [-0.1, -0.05) is 11.6 Å². The second-order valence-electron chi connectivity index (χ2n) is 5.57. The van der Waals surface area contributed by atoms with Crippen LogP contribution < -0.4 is 9.47 Å². The number of carbonyl (C=O) groups is 2. The van der Waals surface area contributed by atoms with E-state index in [4.69, 9.17) is 14.2 Å². The molecule has 132 valence electrons. The summed E-state index contributed by atoms with van der Waals surface area (Å²) < 4.78 is 15.9. The third-order valence-electron chi connectivity index (χ3n) is 3.68. The molecule has 0 unspecified atom stereocenters. The van der Waals surface area contributed by atoms with Gasteiger partial charge in [0, 0.05) is 5.56 Å². The van der Waals surface area contributed by atoms with Gasteiger partial charge in [-0.15, -0.1) is 0 Å². The Bertz CT molecular complexity index is 749. The average molecular weight is 342 g/mol. The number of carbonyl (C=O) groups excluding carboxylic acids is 2. The van der Waals surface area contributed by atoms with E-state index in [1.165, 1.54) is 7.11 Å². The average Bonchev–Trinajstić information content (AvgIpc) is 2.61. The molecule has 0 N–H and O–H groups in total. The SMILES string of the molecule is CCOc1ccc(C(=O)[C@H](C)OC(=O)c2cc(C)ccc2OC)cc1. The van der Waals surface area contributed by atoms with Crippen LogP contribution in [-0.4, -0.2) is 31.6 Å². The highest BCUT2D eigenvalue weighted by atomic mass is 16.5. The molecule has 5 heteroatoms. The molecule has 0 heterocycles. The van der Waals surface area contributed by atoms with E-state index < -0.39 is 12.1 Å². The summed E-state index contributed by atoms with van der Waals surface area (Å²) in [7, 11) is 1.48. The van der Waals surface area contributed by atoms with E-state index in [0.29, 0.717) is 29.2 Å². The van der Waals surface area contributed by atoms with E-state index in [0.717, 1.165) is 5.56 Å². The van der Waals surface area contributed by atoms with Crippen LogP contribution in [-0.2, 0) is 4.74 Å². The molecule has 0 aromatic heterocycles. The molecule has 25 heavy (non-hydrogen) atoms. The summed E-state index contributed by atoms with van der Waals surface area (Å²) in [5.74, 6) is 0.236. The molecule has 0 spiro atoms. The Hall–Kier alpha value is -2.82. The molecule has 0 aliphatic heterocycles. The quantitative estimate of drug-likeness (QED) is 0.565. The highest BCUT2D eigenvalue weighted by Gasteiger charge is 2.22. The monoisotopic (exact) mass is 342 g/mol. The summed E-state index contributed by atoms with van der Waals surface area (Å²) in [6.45, 7) is 5.86. The van der Waals surface area contributed by atoms with Gasteiger partial charge in [0.2, 0.25) is 5.78 Å². The predicted molar refractivity (Wildman–Crippen MR) is 94.6 cm³/mol. The number of Topliss-reactive ketones (excluding diaryl/α,β-unsaturated/α-hetero) is 1. The molecule has 0 aliphatic carbocycles. The number of hydrogen-bond acceptors (Lipinski definition) is 5. The fourth-order valence-corrected chi connectivity index (χ4v) is 2.38. The number of methoxy groups -OCH3 is 1. The third-order valence-corrected chi connectivity index (χ3v) is 3.68. The molecule has 0 saturated carbocycles. The Labute approximate surface area is 147 Å². The van der Waals surface area contributed by atoms with Crippen LogP contribution in [0.2, 0.25) is 0 Å². The molecular formula is C20H22O5. The molecule has 5 nitrogen and oxygen atoms in total. The zero-order valence-corrected chi connectivity index (χ0v) is 14.9. The van der Waals surface area contributed by atoms with Crippen LogP contribution in [0.1, 0.15) is 40.1 Å². The van der Waals surface area contributed by atoms with Crippen molar-refractivity contribution in [3.63, 3.8) is 0 Å². The van der Waals surface area contributed by atoms with Crippen molar-refractivity contribution in [2.45, 2.75) is 26.9 Å². The van der Waals surface area contributed by atoms with Crippen LogP contribution >= 0.6 is 0 Å². The summed E-state index contributed by atoms with van der Waals surface area (Å²) >= 11 is 0. The van der Waals surface area contributed by atoms with Crippen LogP contribution in [0.5, 0.6) is 11.5 Å². The summed E-state index contributed by atoms with van der Waals surface area (Å²) in [4.78, 5) is 24.8. The maximum atomic E-state index is 12.5. The number of ketones is 1. The van der Waals surface area contributed by atoms with Crippen molar-refractivity contribution in [3.8, 4) is 11.5 Å². The number of esters is 1. The van der Waals surface area contributed by atoms with Crippen LogP contribution in [0.25, 0.3) is 0 Å². The van der Waals surface area contributed by atoms with Gasteiger partial charge in [0.25, 0.3) is 0 Å². The standard InChI is InChI=1S/C20H22O5/c1-5-24-16-9-7-15(8-10-16)19(21)14(3)25-20(22)17-12-13(2)6-11-18(17)23-4/h6-12,14H,5H2,1-4H3/t14-/m0/s1. The van der Waals surface area contributed by atoms with Gasteiger partial charge in [-0.2, -0.15) is 0 Å². The predicted octanol–water partition coefficient (Wildman–Crippen LogP) is 3.83. The lowest BCUT2D eigenvalue weighted by Crippen LogP contribution is -2.24. The minimum Gasteiger partial charge on any atom is -0.496 e. The Morgan fingerprint density at radius 1 is 1.08 bits per heavy atom. The summed E-state index contributed by atoms with van der Waals surface area (Å²) in [6.07, 6.45) is -0.907. The zero-order chi connectivity index (χ0) is 18.4. The van der Waals surface area contributed by atoms with Gasteiger partial charge in [0.1, 0.15) is 17.1 Å². The smallest absolute Gasteiger partial charge is 0.342 e. The zero-order valence-electron chi connectivity index (χ0n) is 14.9. The Morgan fingerprint density at radius 3 is 2.36 bits per heavy atom. The molecular weight excluding hydrogens is 320 g/mol. The number of ether oxygens (including phenoxy) is 3. The van der Waals surface area contributed by atoms with E-state index >= 15 is 0 Å². The van der Waals surface area contributed by atoms with Crippen LogP contribution in [0.4, 0.5) is 0 Å². The fourth-order valence-electron chi connectivity index (χ4n) is 2.38. The lowest BCUT2D eigenvalue weighted by atomic mass is 10.1. The van der Waals surface area contributed by atoms with E-state index in [9.17, 15) is 9.59 Å². The van der Waals surface area contributed by atoms with Gasteiger partial charge in [0.15, 0.2) is 6.10 Å². The normalized spacial score (nSPS) is 11.5. The molecule has 0 bridgehead atoms. The number of rotatable bonds is 7. The third kappa shape index (κ3) is 4.59. The van der Waals surface area contributed by atoms with E-state index in [-0.39, 0.29) is 5.78 Å². The first kappa shape index (κ1) is 18.5. The van der Waals surface area contributed by atoms with Crippen molar-refractivity contribution in [3.05, 3.63) is 59.2 Å². The summed E-state index contributed by atoms with van der Waals surface area (Å²) in [5.41, 5.74) is 1.66. The Balaban J connectivity index is 2.10. The first-order chi connectivity index (χ1) is 12.0. The van der Waals surface area contributed by atoms with E-state index in [1.54, 1.807) is 43.3 Å². The molecule has 0 radical (unpaired) electrons. The van der Waals surface area contributed by atoms with Crippen molar-refractivity contribution >= 4 is 11.8 Å². The van der Waals surface area contributed by atoms with Crippen LogP contribution in [0.15, 0.2) is 42.5 Å². The van der Waals surface area contributed by atoms with Gasteiger partial charge < -0.3 is 14.2 Å². The van der Waals surface area contributed by atoms with Gasteiger partial charge in [-0.05, 0) is 57.2 Å². The highest BCUT2D eigenvalue weighted by Crippen LogP contribution is 2.22. The molecule has 2 aromatic carbocycles. The minimum atomic E-state index is -0.907. The summed E-state index contributed by atoms with van der Waals surface area (Å²) in [6, 6.07) is 12.0. The number of aryl methyl sites for hydroxylation is 1. The second-order valence-corrected chi connectivity index (χ2v) is 5.57. The van der Waals surface area contributed by atoms with Crippen molar-refractivity contribution in [1.82, 2.24) is 0 Å². The largest absolute Gasteiger partial charge is 0.496 e. The number of benzene rings is 2. The molecule has 2 rings (SSSR count). The van der Waals surface area contributed by atoms with Gasteiger partial charge in [0.05, 0.1) is 13.7 Å². The highest BCUT2D eigenvalue weighted by molar-refractivity contribution is 6.02. The van der Waals surface area contributed by atoms with Crippen LogP contribution in [0.3, 0.4) is 0 Å². The molecule has 0 aliphatic rings. The maximum absolute atomic E-state index is 12.5. The van der Waals surface area contributed by atoms with Gasteiger partial charge in [-0.3, -0.25) is 4.79 Å². The first-order valence-corrected chi connectivity index (χ1v) is 8.09. The lowest BCUT2D eigenvalue weighted by molar-refractivity contribution is 0.0315. The van der Waals surface area contributed by atoms with E-state index in [2.05, 4.69) is 0 Å². The fraction of sp³-hybridized carbons (Fsp3) is 0.300.